The number of nitrogens with one attached hydrogen (secondary N) is 1. The molecule has 0 amide bonds. The van der Waals surface area contributed by atoms with Crippen LogP contribution in [0, 0.1) is 0 Å². The van der Waals surface area contributed by atoms with E-state index in [1.807, 2.05) is 37.3 Å². The van der Waals surface area contributed by atoms with Crippen LogP contribution in [0.1, 0.15) is 36.7 Å². The summed E-state index contributed by atoms with van der Waals surface area (Å²) < 4.78 is 24.3. The van der Waals surface area contributed by atoms with Crippen LogP contribution < -0.4 is 5.32 Å². The highest BCUT2D eigenvalue weighted by atomic mass is 32.2. The molecule has 2 aromatic rings. The molecule has 1 aliphatic rings. The zero-order valence-electron chi connectivity index (χ0n) is 11.9. The molecule has 0 bridgehead atoms. The van der Waals surface area contributed by atoms with E-state index in [0.717, 1.165) is 11.3 Å². The molecule has 2 heterocycles. The van der Waals surface area contributed by atoms with Crippen LogP contribution in [0.2, 0.25) is 0 Å². The first-order valence-electron chi connectivity index (χ1n) is 7.06. The summed E-state index contributed by atoms with van der Waals surface area (Å²) in [5.41, 5.74) is 1.83. The normalized spacial score (nSPS) is 21.5. The van der Waals surface area contributed by atoms with Gasteiger partial charge in [-0.2, -0.15) is 0 Å². The maximum Gasteiger partial charge on any atom is 0.178 e. The molecule has 110 valence electrons. The molecule has 0 fully saturated rings. The van der Waals surface area contributed by atoms with Gasteiger partial charge in [-0.25, -0.2) is 8.42 Å². The lowest BCUT2D eigenvalue weighted by Gasteiger charge is -2.28. The maximum absolute atomic E-state index is 12.1. The van der Waals surface area contributed by atoms with Crippen molar-refractivity contribution in [3.63, 3.8) is 0 Å². The lowest BCUT2D eigenvalue weighted by Crippen LogP contribution is -2.31. The van der Waals surface area contributed by atoms with Crippen molar-refractivity contribution >= 4 is 9.84 Å². The van der Waals surface area contributed by atoms with Crippen molar-refractivity contribution in [2.75, 3.05) is 5.75 Å². The average Bonchev–Trinajstić information content (AvgIpc) is 2.51. The van der Waals surface area contributed by atoms with Gasteiger partial charge in [-0.1, -0.05) is 24.3 Å². The molecular weight excluding hydrogens is 284 g/mol. The molecule has 2 atom stereocenters. The Kier molecular flexibility index (Phi) is 3.78. The molecule has 0 spiro atoms. The first-order valence-corrected chi connectivity index (χ1v) is 8.72. The van der Waals surface area contributed by atoms with Gasteiger partial charge in [0.05, 0.1) is 16.3 Å². The summed E-state index contributed by atoms with van der Waals surface area (Å²) in [4.78, 5) is 4.81. The third kappa shape index (κ3) is 2.84. The van der Waals surface area contributed by atoms with E-state index in [2.05, 4.69) is 10.3 Å². The molecule has 0 radical (unpaired) electrons. The van der Waals surface area contributed by atoms with E-state index < -0.39 is 9.84 Å². The monoisotopic (exact) mass is 302 g/mol. The zero-order chi connectivity index (χ0) is 14.9. The van der Waals surface area contributed by atoms with Gasteiger partial charge in [0, 0.05) is 18.3 Å². The molecule has 21 heavy (non-hydrogen) atoms. The predicted octanol–water partition coefficient (Wildman–Crippen LogP) is 2.65. The molecule has 5 heteroatoms. The Bertz CT molecular complexity index is 729. The van der Waals surface area contributed by atoms with Crippen molar-refractivity contribution < 1.29 is 8.42 Å². The van der Waals surface area contributed by atoms with Crippen LogP contribution in [-0.4, -0.2) is 19.2 Å². The highest BCUT2D eigenvalue weighted by Crippen LogP contribution is 2.33. The van der Waals surface area contributed by atoms with Gasteiger partial charge in [0.15, 0.2) is 9.84 Å². The summed E-state index contributed by atoms with van der Waals surface area (Å²) >= 11 is 0. The molecular formula is C16H18N2O2S. The molecule has 0 saturated carbocycles. The minimum absolute atomic E-state index is 0.0433. The summed E-state index contributed by atoms with van der Waals surface area (Å²) in [5.74, 6) is 0.191. The van der Waals surface area contributed by atoms with E-state index in [1.165, 1.54) is 0 Å². The Labute approximate surface area is 125 Å². The number of benzene rings is 1. The Morgan fingerprint density at radius 2 is 1.95 bits per heavy atom. The van der Waals surface area contributed by atoms with Crippen LogP contribution in [0.4, 0.5) is 0 Å². The largest absolute Gasteiger partial charge is 0.302 e. The summed E-state index contributed by atoms with van der Waals surface area (Å²) in [6.07, 6.45) is 2.36. The number of hydrogen-bond donors (Lipinski definition) is 1. The van der Waals surface area contributed by atoms with Crippen LogP contribution in [-0.2, 0) is 9.84 Å². The molecule has 3 rings (SSSR count). The molecule has 1 aromatic carbocycles. The fourth-order valence-electron chi connectivity index (χ4n) is 2.78. The van der Waals surface area contributed by atoms with Crippen LogP contribution in [0.5, 0.6) is 0 Å². The van der Waals surface area contributed by atoms with E-state index >= 15 is 0 Å². The van der Waals surface area contributed by atoms with Crippen molar-refractivity contribution in [1.29, 1.82) is 0 Å². The number of aromatic nitrogens is 1. The number of rotatable bonds is 3. The molecule has 1 aromatic heterocycles. The Morgan fingerprint density at radius 1 is 1.19 bits per heavy atom. The number of sulfone groups is 1. The van der Waals surface area contributed by atoms with Crippen LogP contribution in [0.15, 0.2) is 53.6 Å². The van der Waals surface area contributed by atoms with Crippen LogP contribution in [0.3, 0.4) is 0 Å². The summed E-state index contributed by atoms with van der Waals surface area (Å²) in [7, 11) is -3.13. The fraction of sp³-hybridized carbons (Fsp3) is 0.312. The van der Waals surface area contributed by atoms with Crippen molar-refractivity contribution in [3.8, 4) is 0 Å². The van der Waals surface area contributed by atoms with E-state index in [-0.39, 0.29) is 17.8 Å². The molecule has 0 aliphatic carbocycles. The molecule has 1 N–H and O–H groups in total. The van der Waals surface area contributed by atoms with Gasteiger partial charge < -0.3 is 5.32 Å². The quantitative estimate of drug-likeness (QED) is 0.947. The topological polar surface area (TPSA) is 59.1 Å². The first-order chi connectivity index (χ1) is 10.1. The van der Waals surface area contributed by atoms with Gasteiger partial charge in [0.25, 0.3) is 0 Å². The molecule has 0 saturated heterocycles. The number of fused-ring (bicyclic) bond motifs is 1. The zero-order valence-corrected chi connectivity index (χ0v) is 12.7. The smallest absolute Gasteiger partial charge is 0.178 e. The van der Waals surface area contributed by atoms with Gasteiger partial charge in [-0.3, -0.25) is 4.98 Å². The Hall–Kier alpha value is -1.72. The minimum atomic E-state index is -3.13. The van der Waals surface area contributed by atoms with Crippen LogP contribution >= 0.6 is 0 Å². The molecule has 1 aliphatic heterocycles. The lowest BCUT2D eigenvalue weighted by molar-refractivity contribution is 0.436. The number of hydrogen-bond acceptors (Lipinski definition) is 4. The van der Waals surface area contributed by atoms with Crippen LogP contribution in [0.25, 0.3) is 0 Å². The van der Waals surface area contributed by atoms with Gasteiger partial charge >= 0.3 is 0 Å². The first kappa shape index (κ1) is 14.2. The van der Waals surface area contributed by atoms with Crippen molar-refractivity contribution in [2.45, 2.75) is 30.3 Å². The Balaban J connectivity index is 1.88. The standard InChI is InChI=1S/C16H18N2O2S/c1-12(14-7-4-5-10-17-14)18-15-9-11-21(19,20)16-8-3-2-6-13(15)16/h2-8,10,12,15,18H,9,11H2,1H3/t12-,15?/m0/s1. The molecule has 1 unspecified atom stereocenters. The number of pyridine rings is 1. The van der Waals surface area contributed by atoms with E-state index in [0.29, 0.717) is 11.3 Å². The molecule has 4 nitrogen and oxygen atoms in total. The van der Waals surface area contributed by atoms with E-state index in [4.69, 9.17) is 0 Å². The fourth-order valence-corrected chi connectivity index (χ4v) is 4.40. The Morgan fingerprint density at radius 3 is 2.71 bits per heavy atom. The maximum atomic E-state index is 12.1. The van der Waals surface area contributed by atoms with Gasteiger partial charge in [0.1, 0.15) is 0 Å². The summed E-state index contributed by atoms with van der Waals surface area (Å²) in [6.45, 7) is 2.05. The third-order valence-electron chi connectivity index (χ3n) is 3.89. The minimum Gasteiger partial charge on any atom is -0.302 e. The van der Waals surface area contributed by atoms with E-state index in [1.54, 1.807) is 18.3 Å². The van der Waals surface area contributed by atoms with Crippen molar-refractivity contribution in [1.82, 2.24) is 10.3 Å². The SMILES string of the molecule is C[C@H](NC1CCS(=O)(=O)c2ccccc21)c1ccccn1. The van der Waals surface area contributed by atoms with Gasteiger partial charge in [-0.05, 0) is 37.1 Å². The third-order valence-corrected chi connectivity index (χ3v) is 5.70. The summed E-state index contributed by atoms with van der Waals surface area (Å²) in [5, 5.41) is 3.50. The van der Waals surface area contributed by atoms with Gasteiger partial charge in [-0.15, -0.1) is 0 Å². The van der Waals surface area contributed by atoms with Gasteiger partial charge in [0.2, 0.25) is 0 Å². The van der Waals surface area contributed by atoms with E-state index in [9.17, 15) is 8.42 Å². The highest BCUT2D eigenvalue weighted by molar-refractivity contribution is 7.91. The second-order valence-electron chi connectivity index (χ2n) is 5.34. The predicted molar refractivity (Wildman–Crippen MR) is 81.6 cm³/mol. The average molecular weight is 302 g/mol. The second-order valence-corrected chi connectivity index (χ2v) is 7.42. The number of nitrogens with zero attached hydrogens (tertiary/aromatic N) is 1. The highest BCUT2D eigenvalue weighted by Gasteiger charge is 2.30. The second kappa shape index (κ2) is 5.58. The summed E-state index contributed by atoms with van der Waals surface area (Å²) in [6, 6.07) is 13.2. The lowest BCUT2D eigenvalue weighted by atomic mass is 10.0. The van der Waals surface area contributed by atoms with Crippen molar-refractivity contribution in [3.05, 3.63) is 59.9 Å². The van der Waals surface area contributed by atoms with Crippen molar-refractivity contribution in [2.24, 2.45) is 0 Å².